The van der Waals surface area contributed by atoms with E-state index in [2.05, 4.69) is 16.4 Å². The topological polar surface area (TPSA) is 83.9 Å². The summed E-state index contributed by atoms with van der Waals surface area (Å²) in [5, 5.41) is 18.6. The van der Waals surface area contributed by atoms with E-state index in [1.165, 1.54) is 0 Å². The minimum absolute atomic E-state index is 0.0910. The van der Waals surface area contributed by atoms with Gasteiger partial charge < -0.3 is 29.2 Å². The summed E-state index contributed by atoms with van der Waals surface area (Å²) in [6.07, 6.45) is 1.77. The number of β-amino-alcohol motifs (C(OH)–C–C–N with tert-alkyl or cyclic N) is 2. The molecular formula is C22H36N2O6. The summed E-state index contributed by atoms with van der Waals surface area (Å²) in [5.74, 6) is 1.35. The Hall–Kier alpha value is -1.68. The van der Waals surface area contributed by atoms with Crippen molar-refractivity contribution in [1.29, 1.82) is 0 Å². The van der Waals surface area contributed by atoms with Gasteiger partial charge in [-0.05, 0) is 17.7 Å². The third-order valence-electron chi connectivity index (χ3n) is 4.84. The van der Waals surface area contributed by atoms with Crippen LogP contribution < -0.4 is 9.47 Å². The largest absolute Gasteiger partial charge is 0.488 e. The number of hydrogen-bond donors (Lipinski definition) is 2. The fourth-order valence-electron chi connectivity index (χ4n) is 3.12. The van der Waals surface area contributed by atoms with E-state index in [0.717, 1.165) is 5.56 Å². The van der Waals surface area contributed by atoms with Gasteiger partial charge in [0.25, 0.3) is 0 Å². The highest BCUT2D eigenvalue weighted by Crippen LogP contribution is 2.29. The Morgan fingerprint density at radius 1 is 0.767 bits per heavy atom. The SMILES string of the molecule is C=Cc1ccc2c(c1)OCCN(CCO)CCOCCOCCN(CCO)CCO2. The Morgan fingerprint density at radius 3 is 1.83 bits per heavy atom. The van der Waals surface area contributed by atoms with Crippen molar-refractivity contribution in [1.82, 2.24) is 9.80 Å². The summed E-state index contributed by atoms with van der Waals surface area (Å²) in [4.78, 5) is 4.21. The van der Waals surface area contributed by atoms with Crippen LogP contribution in [0.25, 0.3) is 6.08 Å². The number of hydrogen-bond acceptors (Lipinski definition) is 8. The van der Waals surface area contributed by atoms with Gasteiger partial charge in [0.05, 0.1) is 39.6 Å². The zero-order chi connectivity index (χ0) is 21.4. The van der Waals surface area contributed by atoms with Crippen molar-refractivity contribution in [3.05, 3.63) is 30.3 Å². The van der Waals surface area contributed by atoms with E-state index in [9.17, 15) is 10.2 Å². The first-order chi connectivity index (χ1) is 14.8. The van der Waals surface area contributed by atoms with Crippen molar-refractivity contribution < 1.29 is 29.2 Å². The molecule has 0 saturated heterocycles. The van der Waals surface area contributed by atoms with Gasteiger partial charge in [0, 0.05) is 39.3 Å². The van der Waals surface area contributed by atoms with E-state index in [1.54, 1.807) is 6.08 Å². The lowest BCUT2D eigenvalue weighted by Gasteiger charge is -2.23. The van der Waals surface area contributed by atoms with E-state index in [4.69, 9.17) is 18.9 Å². The van der Waals surface area contributed by atoms with Gasteiger partial charge in [-0.2, -0.15) is 0 Å². The molecule has 0 unspecified atom stereocenters. The Bertz CT molecular complexity index is 601. The van der Waals surface area contributed by atoms with Crippen molar-refractivity contribution in [2.75, 3.05) is 92.1 Å². The number of rotatable bonds is 5. The molecule has 0 saturated carbocycles. The Morgan fingerprint density at radius 2 is 1.30 bits per heavy atom. The van der Waals surface area contributed by atoms with E-state index in [-0.39, 0.29) is 13.2 Å². The monoisotopic (exact) mass is 424 g/mol. The average Bonchev–Trinajstić information content (AvgIpc) is 2.75. The molecule has 1 heterocycles. The number of aliphatic hydroxyl groups is 2. The van der Waals surface area contributed by atoms with Crippen LogP contribution >= 0.6 is 0 Å². The maximum atomic E-state index is 9.31. The molecule has 2 rings (SSSR count). The minimum Gasteiger partial charge on any atom is -0.488 e. The predicted octanol–water partition coefficient (Wildman–Crippen LogP) is 0.723. The van der Waals surface area contributed by atoms with Crippen LogP contribution in [0.2, 0.25) is 0 Å². The predicted molar refractivity (Wildman–Crippen MR) is 116 cm³/mol. The van der Waals surface area contributed by atoms with Crippen molar-refractivity contribution in [3.63, 3.8) is 0 Å². The van der Waals surface area contributed by atoms with Crippen LogP contribution in [-0.2, 0) is 9.47 Å². The standard InChI is InChI=1S/C22H36N2O6/c1-2-20-3-4-21-22(19-20)30-16-10-24(6-12-26)8-14-28-18-17-27-13-7-23(5-11-25)9-15-29-21/h2-4,19,25-26H,1,5-18H2. The summed E-state index contributed by atoms with van der Waals surface area (Å²) in [7, 11) is 0. The average molecular weight is 425 g/mol. The molecule has 1 aliphatic heterocycles. The fourth-order valence-corrected chi connectivity index (χ4v) is 3.12. The quantitative estimate of drug-likeness (QED) is 0.716. The lowest BCUT2D eigenvalue weighted by atomic mass is 10.2. The highest BCUT2D eigenvalue weighted by molar-refractivity contribution is 5.54. The molecule has 1 aromatic rings. The highest BCUT2D eigenvalue weighted by atomic mass is 16.5. The van der Waals surface area contributed by atoms with Crippen LogP contribution in [0.1, 0.15) is 5.56 Å². The molecule has 170 valence electrons. The molecule has 0 bridgehead atoms. The van der Waals surface area contributed by atoms with E-state index >= 15 is 0 Å². The molecule has 0 aliphatic carbocycles. The van der Waals surface area contributed by atoms with Gasteiger partial charge in [-0.15, -0.1) is 0 Å². The van der Waals surface area contributed by atoms with E-state index < -0.39 is 0 Å². The Balaban J connectivity index is 2.04. The zero-order valence-electron chi connectivity index (χ0n) is 17.8. The summed E-state index contributed by atoms with van der Waals surface area (Å²) in [5.41, 5.74) is 0.958. The molecular weight excluding hydrogens is 388 g/mol. The van der Waals surface area contributed by atoms with Gasteiger partial charge in [0.1, 0.15) is 13.2 Å². The number of benzene rings is 1. The Labute approximate surface area is 179 Å². The molecule has 2 N–H and O–H groups in total. The molecule has 0 fully saturated rings. The van der Waals surface area contributed by atoms with Gasteiger partial charge in [-0.1, -0.05) is 18.7 Å². The number of ether oxygens (including phenoxy) is 4. The van der Waals surface area contributed by atoms with Gasteiger partial charge in [0.2, 0.25) is 0 Å². The normalized spacial score (nSPS) is 19.0. The maximum absolute atomic E-state index is 9.31. The van der Waals surface area contributed by atoms with Gasteiger partial charge in [0.15, 0.2) is 11.5 Å². The van der Waals surface area contributed by atoms with Gasteiger partial charge in [-0.3, -0.25) is 9.80 Å². The van der Waals surface area contributed by atoms with E-state index in [0.29, 0.717) is 90.4 Å². The third-order valence-corrected chi connectivity index (χ3v) is 4.84. The van der Waals surface area contributed by atoms with Crippen LogP contribution in [0.5, 0.6) is 11.5 Å². The van der Waals surface area contributed by atoms with Crippen LogP contribution in [0.4, 0.5) is 0 Å². The molecule has 1 aromatic carbocycles. The minimum atomic E-state index is 0.0910. The molecule has 0 aromatic heterocycles. The smallest absolute Gasteiger partial charge is 0.161 e. The second-order valence-corrected chi connectivity index (χ2v) is 6.96. The molecule has 8 nitrogen and oxygen atoms in total. The first-order valence-corrected chi connectivity index (χ1v) is 10.6. The van der Waals surface area contributed by atoms with Crippen molar-refractivity contribution >= 4 is 6.08 Å². The molecule has 0 amide bonds. The highest BCUT2D eigenvalue weighted by Gasteiger charge is 2.11. The lowest BCUT2D eigenvalue weighted by Crippen LogP contribution is -2.35. The molecule has 0 spiro atoms. The number of fused-ring (bicyclic) bond motifs is 1. The number of aliphatic hydroxyl groups excluding tert-OH is 2. The summed E-state index contributed by atoms with van der Waals surface area (Å²) in [6, 6.07) is 5.75. The second kappa shape index (κ2) is 15.2. The second-order valence-electron chi connectivity index (χ2n) is 6.96. The third kappa shape index (κ3) is 9.42. The first-order valence-electron chi connectivity index (χ1n) is 10.6. The van der Waals surface area contributed by atoms with Crippen LogP contribution in [0.3, 0.4) is 0 Å². The van der Waals surface area contributed by atoms with Crippen molar-refractivity contribution in [2.24, 2.45) is 0 Å². The molecule has 0 radical (unpaired) electrons. The molecule has 8 heteroatoms. The molecule has 0 atom stereocenters. The maximum Gasteiger partial charge on any atom is 0.161 e. The van der Waals surface area contributed by atoms with Crippen LogP contribution in [0.15, 0.2) is 24.8 Å². The zero-order valence-corrected chi connectivity index (χ0v) is 17.8. The summed E-state index contributed by atoms with van der Waals surface area (Å²) >= 11 is 0. The Kier molecular flexibility index (Phi) is 12.4. The van der Waals surface area contributed by atoms with Crippen molar-refractivity contribution in [3.8, 4) is 11.5 Å². The first kappa shape index (κ1) is 24.6. The van der Waals surface area contributed by atoms with E-state index in [1.807, 2.05) is 18.2 Å². The lowest BCUT2D eigenvalue weighted by molar-refractivity contribution is 0.0257. The fraction of sp³-hybridized carbons (Fsp3) is 0.636. The molecule has 30 heavy (non-hydrogen) atoms. The molecule has 1 aliphatic rings. The summed E-state index contributed by atoms with van der Waals surface area (Å²) < 4.78 is 23.3. The van der Waals surface area contributed by atoms with Gasteiger partial charge >= 0.3 is 0 Å². The number of nitrogens with zero attached hydrogens (tertiary/aromatic N) is 2. The van der Waals surface area contributed by atoms with Crippen LogP contribution in [0, 0.1) is 0 Å². The van der Waals surface area contributed by atoms with Crippen molar-refractivity contribution in [2.45, 2.75) is 0 Å². The van der Waals surface area contributed by atoms with Gasteiger partial charge in [-0.25, -0.2) is 0 Å². The van der Waals surface area contributed by atoms with Crippen LogP contribution in [-0.4, -0.2) is 112 Å². The summed E-state index contributed by atoms with van der Waals surface area (Å²) in [6.45, 7) is 11.1.